The number of thiophene rings is 1. The van der Waals surface area contributed by atoms with Crippen molar-refractivity contribution < 1.29 is 9.84 Å². The van der Waals surface area contributed by atoms with Gasteiger partial charge >= 0.3 is 0 Å². The first kappa shape index (κ1) is 14.6. The highest BCUT2D eigenvalue weighted by molar-refractivity contribution is 9.10. The molecular formula is C17H15BrO2S. The van der Waals surface area contributed by atoms with Crippen LogP contribution in [0.3, 0.4) is 0 Å². The van der Waals surface area contributed by atoms with E-state index in [1.165, 1.54) is 0 Å². The molecule has 0 saturated carbocycles. The highest BCUT2D eigenvalue weighted by Crippen LogP contribution is 2.34. The van der Waals surface area contributed by atoms with Crippen LogP contribution in [0.5, 0.6) is 5.75 Å². The molecule has 21 heavy (non-hydrogen) atoms. The Morgan fingerprint density at radius 1 is 1.24 bits per heavy atom. The van der Waals surface area contributed by atoms with Gasteiger partial charge in [-0.25, -0.2) is 0 Å². The summed E-state index contributed by atoms with van der Waals surface area (Å²) < 4.78 is 7.11. The van der Waals surface area contributed by atoms with Crippen molar-refractivity contribution in [2.75, 3.05) is 0 Å². The standard InChI is InChI=1S/C17H15BrO2S/c1-11(19)15-7-6-12-4-2-3-5-16(12)17(15)20-9-14-8-13(18)10-21-14/h2-8,10-11,19H,9H2,1H3. The molecular weight excluding hydrogens is 348 g/mol. The molecule has 0 bridgehead atoms. The van der Waals surface area contributed by atoms with Gasteiger partial charge in [-0.1, -0.05) is 36.4 Å². The van der Waals surface area contributed by atoms with Crippen molar-refractivity contribution in [3.05, 3.63) is 62.8 Å². The Labute approximate surface area is 136 Å². The second-order valence-electron chi connectivity index (χ2n) is 4.90. The summed E-state index contributed by atoms with van der Waals surface area (Å²) in [4.78, 5) is 1.14. The predicted octanol–water partition coefficient (Wildman–Crippen LogP) is 5.30. The summed E-state index contributed by atoms with van der Waals surface area (Å²) in [5, 5.41) is 14.2. The molecule has 0 aliphatic rings. The highest BCUT2D eigenvalue weighted by Gasteiger charge is 2.13. The van der Waals surface area contributed by atoms with Crippen LogP contribution in [0.4, 0.5) is 0 Å². The normalized spacial score (nSPS) is 12.5. The Morgan fingerprint density at radius 3 is 2.76 bits per heavy atom. The van der Waals surface area contributed by atoms with Crippen molar-refractivity contribution in [1.82, 2.24) is 0 Å². The maximum absolute atomic E-state index is 9.98. The summed E-state index contributed by atoms with van der Waals surface area (Å²) in [7, 11) is 0. The number of hydrogen-bond acceptors (Lipinski definition) is 3. The van der Waals surface area contributed by atoms with E-state index in [-0.39, 0.29) is 0 Å². The number of benzene rings is 2. The minimum Gasteiger partial charge on any atom is -0.487 e. The van der Waals surface area contributed by atoms with Crippen LogP contribution < -0.4 is 4.74 Å². The van der Waals surface area contributed by atoms with Crippen LogP contribution in [-0.2, 0) is 6.61 Å². The van der Waals surface area contributed by atoms with Crippen LogP contribution in [0, 0.1) is 0 Å². The van der Waals surface area contributed by atoms with Crippen LogP contribution in [0.1, 0.15) is 23.5 Å². The molecule has 1 heterocycles. The average molecular weight is 363 g/mol. The second-order valence-corrected chi connectivity index (χ2v) is 6.81. The van der Waals surface area contributed by atoms with Crippen LogP contribution in [0.2, 0.25) is 0 Å². The first-order valence-electron chi connectivity index (χ1n) is 6.70. The van der Waals surface area contributed by atoms with Gasteiger partial charge in [-0.15, -0.1) is 11.3 Å². The van der Waals surface area contributed by atoms with E-state index in [2.05, 4.69) is 28.1 Å². The molecule has 4 heteroatoms. The first-order chi connectivity index (χ1) is 10.1. The quantitative estimate of drug-likeness (QED) is 0.682. The summed E-state index contributed by atoms with van der Waals surface area (Å²) in [6, 6.07) is 14.1. The summed E-state index contributed by atoms with van der Waals surface area (Å²) in [6.45, 7) is 2.27. The molecule has 1 atom stereocenters. The zero-order chi connectivity index (χ0) is 14.8. The Bertz CT molecular complexity index is 764. The molecule has 1 unspecified atom stereocenters. The average Bonchev–Trinajstić information content (AvgIpc) is 2.90. The molecule has 0 fully saturated rings. The van der Waals surface area contributed by atoms with Crippen molar-refractivity contribution in [2.24, 2.45) is 0 Å². The Morgan fingerprint density at radius 2 is 2.05 bits per heavy atom. The molecule has 0 amide bonds. The maximum atomic E-state index is 9.98. The number of hydrogen-bond donors (Lipinski definition) is 1. The van der Waals surface area contributed by atoms with Gasteiger partial charge < -0.3 is 9.84 Å². The SMILES string of the molecule is CC(O)c1ccc2ccccc2c1OCc1cc(Br)cs1. The molecule has 2 nitrogen and oxygen atoms in total. The van der Waals surface area contributed by atoms with Gasteiger partial charge in [-0.3, -0.25) is 0 Å². The summed E-state index contributed by atoms with van der Waals surface area (Å²) >= 11 is 5.10. The van der Waals surface area contributed by atoms with Gasteiger partial charge in [-0.05, 0) is 34.3 Å². The van der Waals surface area contributed by atoms with Gasteiger partial charge in [-0.2, -0.15) is 0 Å². The highest BCUT2D eigenvalue weighted by atomic mass is 79.9. The van der Waals surface area contributed by atoms with E-state index in [9.17, 15) is 5.11 Å². The predicted molar refractivity (Wildman–Crippen MR) is 90.9 cm³/mol. The lowest BCUT2D eigenvalue weighted by molar-refractivity contribution is 0.191. The fourth-order valence-electron chi connectivity index (χ4n) is 2.32. The maximum Gasteiger partial charge on any atom is 0.133 e. The van der Waals surface area contributed by atoms with Crippen molar-refractivity contribution in [1.29, 1.82) is 0 Å². The lowest BCUT2D eigenvalue weighted by Gasteiger charge is -2.15. The Kier molecular flexibility index (Phi) is 4.29. The summed E-state index contributed by atoms with van der Waals surface area (Å²) in [5.41, 5.74) is 0.823. The third-order valence-electron chi connectivity index (χ3n) is 3.34. The molecule has 0 aliphatic carbocycles. The number of aliphatic hydroxyl groups is 1. The van der Waals surface area contributed by atoms with Crippen LogP contribution in [0.25, 0.3) is 10.8 Å². The van der Waals surface area contributed by atoms with Gasteiger partial charge in [0, 0.05) is 25.7 Å². The van der Waals surface area contributed by atoms with E-state index in [0.717, 1.165) is 31.4 Å². The van der Waals surface area contributed by atoms with Crippen LogP contribution in [0.15, 0.2) is 52.3 Å². The topological polar surface area (TPSA) is 29.5 Å². The number of aliphatic hydroxyl groups excluding tert-OH is 1. The Balaban J connectivity index is 1.99. The van der Waals surface area contributed by atoms with Crippen molar-refractivity contribution in [3.63, 3.8) is 0 Å². The smallest absolute Gasteiger partial charge is 0.133 e. The molecule has 3 rings (SSSR count). The second kappa shape index (κ2) is 6.18. The third-order valence-corrected chi connectivity index (χ3v) is 5.01. The lowest BCUT2D eigenvalue weighted by Crippen LogP contribution is -2.01. The van der Waals surface area contributed by atoms with Gasteiger partial charge in [0.15, 0.2) is 0 Å². The molecule has 108 valence electrons. The molecule has 1 aromatic heterocycles. The van der Waals surface area contributed by atoms with Crippen molar-refractivity contribution in [3.8, 4) is 5.75 Å². The van der Waals surface area contributed by atoms with Crippen LogP contribution >= 0.6 is 27.3 Å². The minimum absolute atomic E-state index is 0.504. The molecule has 1 N–H and O–H groups in total. The number of ether oxygens (including phenoxy) is 1. The molecule has 2 aromatic carbocycles. The molecule has 0 spiro atoms. The number of rotatable bonds is 4. The molecule has 0 aliphatic heterocycles. The monoisotopic (exact) mass is 362 g/mol. The van der Waals surface area contributed by atoms with E-state index in [0.29, 0.717) is 6.61 Å². The molecule has 0 radical (unpaired) electrons. The van der Waals surface area contributed by atoms with Crippen LogP contribution in [-0.4, -0.2) is 5.11 Å². The van der Waals surface area contributed by atoms with E-state index in [1.54, 1.807) is 18.3 Å². The van der Waals surface area contributed by atoms with Gasteiger partial charge in [0.1, 0.15) is 12.4 Å². The largest absolute Gasteiger partial charge is 0.487 e. The molecule has 3 aromatic rings. The van der Waals surface area contributed by atoms with Crippen molar-refractivity contribution in [2.45, 2.75) is 19.6 Å². The first-order valence-corrected chi connectivity index (χ1v) is 8.38. The number of halogens is 1. The Hall–Kier alpha value is -1.36. The fourth-order valence-corrected chi connectivity index (χ4v) is 3.68. The summed E-state index contributed by atoms with van der Waals surface area (Å²) in [6.07, 6.45) is -0.556. The van der Waals surface area contributed by atoms with Gasteiger partial charge in [0.05, 0.1) is 6.10 Å². The van der Waals surface area contributed by atoms with E-state index in [4.69, 9.17) is 4.74 Å². The minimum atomic E-state index is -0.556. The summed E-state index contributed by atoms with van der Waals surface area (Å²) in [5.74, 6) is 0.771. The lowest BCUT2D eigenvalue weighted by atomic mass is 10.0. The third kappa shape index (κ3) is 3.12. The fraction of sp³-hybridized carbons (Fsp3) is 0.176. The zero-order valence-electron chi connectivity index (χ0n) is 11.5. The number of fused-ring (bicyclic) bond motifs is 1. The zero-order valence-corrected chi connectivity index (χ0v) is 13.9. The van der Waals surface area contributed by atoms with Gasteiger partial charge in [0.25, 0.3) is 0 Å². The van der Waals surface area contributed by atoms with Crippen molar-refractivity contribution >= 4 is 38.0 Å². The van der Waals surface area contributed by atoms with Gasteiger partial charge in [0.2, 0.25) is 0 Å². The molecule has 0 saturated heterocycles. The van der Waals surface area contributed by atoms with E-state index < -0.39 is 6.10 Å². The van der Waals surface area contributed by atoms with E-state index in [1.807, 2.05) is 35.7 Å². The van der Waals surface area contributed by atoms with E-state index >= 15 is 0 Å².